The molecular weight excluding hydrogens is 883 g/mol. The molecule has 0 radical (unpaired) electrons. The molecule has 67 heavy (non-hydrogen) atoms. The molecule has 0 saturated carbocycles. The normalized spacial score (nSPS) is 17.0. The Balaban J connectivity index is 0.975. The van der Waals surface area contributed by atoms with Crippen molar-refractivity contribution in [3.63, 3.8) is 0 Å². The first-order chi connectivity index (χ1) is 32.1. The first-order valence-electron chi connectivity index (χ1n) is 22.2. The zero-order valence-electron chi connectivity index (χ0n) is 38.1. The first-order valence-corrected chi connectivity index (χ1v) is 23.1. The van der Waals surface area contributed by atoms with E-state index in [0.29, 0.717) is 46.6 Å². The maximum absolute atomic E-state index is 15.0. The van der Waals surface area contributed by atoms with Crippen LogP contribution in [0.5, 0.6) is 5.75 Å². The van der Waals surface area contributed by atoms with Gasteiger partial charge in [-0.15, -0.1) is 11.3 Å². The summed E-state index contributed by atoms with van der Waals surface area (Å²) in [6.45, 7) is 6.83. The quantitative estimate of drug-likeness (QED) is 0.0992. The Kier molecular flexibility index (Phi) is 13.6. The van der Waals surface area contributed by atoms with Crippen molar-refractivity contribution in [2.75, 3.05) is 31.7 Å². The number of methoxy groups -OCH3 is 1. The second kappa shape index (κ2) is 19.4. The number of carbonyl (C=O) groups is 3. The Bertz CT molecular complexity index is 2900. The van der Waals surface area contributed by atoms with Crippen LogP contribution in [-0.4, -0.2) is 97.2 Å². The minimum atomic E-state index is -2.85. The van der Waals surface area contributed by atoms with E-state index < -0.39 is 60.9 Å². The summed E-state index contributed by atoms with van der Waals surface area (Å²) < 4.78 is 38.6. The summed E-state index contributed by atoms with van der Waals surface area (Å²) in [7, 11) is 3.23. The lowest BCUT2D eigenvalue weighted by atomic mass is 9.92. The third-order valence-corrected chi connectivity index (χ3v) is 13.8. The van der Waals surface area contributed by atoms with E-state index in [1.54, 1.807) is 50.0 Å². The van der Waals surface area contributed by atoms with Crippen molar-refractivity contribution in [2.24, 2.45) is 13.0 Å². The predicted molar refractivity (Wildman–Crippen MR) is 252 cm³/mol. The third kappa shape index (κ3) is 9.42. The Morgan fingerprint density at radius 1 is 1.01 bits per heavy atom. The third-order valence-electron chi connectivity index (χ3n) is 12.8. The zero-order valence-corrected chi connectivity index (χ0v) is 38.9. The predicted octanol–water partition coefficient (Wildman–Crippen LogP) is 6.13. The molecule has 4 atom stereocenters. The van der Waals surface area contributed by atoms with Crippen LogP contribution in [-0.2, 0) is 34.4 Å². The highest BCUT2D eigenvalue weighted by atomic mass is 32.1. The van der Waals surface area contributed by atoms with Gasteiger partial charge in [0.2, 0.25) is 17.7 Å². The number of aryl methyl sites for hydroxylation is 4. The molecule has 6 aromatic rings. The number of rotatable bonds is 14. The van der Waals surface area contributed by atoms with Crippen LogP contribution in [0.1, 0.15) is 67.1 Å². The molecule has 3 aromatic carbocycles. The second-order valence-corrected chi connectivity index (χ2v) is 18.5. The zero-order chi connectivity index (χ0) is 47.8. The number of nitrogens with one attached hydrogen (secondary N) is 2. The number of nitrogens with zero attached hydrogens (tertiary/aromatic N) is 6. The standard InChI is InChI=1S/C49H54F2N8O7S/c1-26(2)44(49(65)59-22-33(61)16-42(59)47(63)54-38(24-60)29-9-11-30(12-10-29)45-28(4)52-25-67-45)55-43(62)23-57-21-32(20-53-57)35-15-31-8-7-13-58(39(31)19-36(35)46(50)51)41-18-34(66-6)17-40-37(41)14-27(3)48(64)56(40)5/h9-12,14-15,17-21,25-26,33,38,42,44,46,60-61H,7-8,13,16,22-24H2,1-6H3,(H,54,63)(H,55,62)/t33-,38+,42+,44+/m1/s1. The van der Waals surface area contributed by atoms with Crippen LogP contribution in [0.15, 0.2) is 77.3 Å². The SMILES string of the molecule is COc1cc(N2CCCc3cc(-c4cnn(CC(=O)N[C@H](C(=O)N5C[C@H](O)C[C@H]5C(=O)N[C@@H](CO)c5ccc(-c6scnc6C)cc5)C(C)C)c4)c(C(F)F)cc32)c2cc(C)c(=O)n(C)c2c1. The molecular formula is C49H54F2N8O7S. The largest absolute Gasteiger partial charge is 0.497 e. The van der Waals surface area contributed by atoms with Gasteiger partial charge in [0.05, 0.1) is 59.3 Å². The van der Waals surface area contributed by atoms with Crippen molar-refractivity contribution in [2.45, 2.75) is 84.2 Å². The molecule has 4 N–H and O–H groups in total. The number of aromatic nitrogens is 4. The Hall–Kier alpha value is -6.50. The van der Waals surface area contributed by atoms with Crippen LogP contribution in [0.25, 0.3) is 32.5 Å². The summed E-state index contributed by atoms with van der Waals surface area (Å²) in [5, 5.41) is 31.7. The summed E-state index contributed by atoms with van der Waals surface area (Å²) in [6.07, 6.45) is 0.422. The number of thiazole rings is 1. The van der Waals surface area contributed by atoms with Gasteiger partial charge in [-0.25, -0.2) is 13.8 Å². The average Bonchev–Trinajstić information content (AvgIpc) is 4.08. The highest BCUT2D eigenvalue weighted by Gasteiger charge is 2.43. The van der Waals surface area contributed by atoms with E-state index in [1.165, 1.54) is 46.5 Å². The number of pyridine rings is 1. The molecule has 0 unspecified atom stereocenters. The van der Waals surface area contributed by atoms with Gasteiger partial charge in [-0.3, -0.25) is 23.9 Å². The van der Waals surface area contributed by atoms with Crippen LogP contribution >= 0.6 is 11.3 Å². The van der Waals surface area contributed by atoms with E-state index in [9.17, 15) is 29.4 Å². The van der Waals surface area contributed by atoms with Crippen molar-refractivity contribution >= 4 is 51.3 Å². The van der Waals surface area contributed by atoms with Gasteiger partial charge >= 0.3 is 0 Å². The lowest BCUT2D eigenvalue weighted by molar-refractivity contribution is -0.142. The lowest BCUT2D eigenvalue weighted by Gasteiger charge is -2.34. The van der Waals surface area contributed by atoms with Gasteiger partial charge < -0.3 is 40.0 Å². The van der Waals surface area contributed by atoms with Gasteiger partial charge in [0.25, 0.3) is 12.0 Å². The van der Waals surface area contributed by atoms with Crippen LogP contribution < -0.4 is 25.8 Å². The second-order valence-electron chi connectivity index (χ2n) is 17.6. The number of likely N-dealkylation sites (tertiary alicyclic amines) is 1. The van der Waals surface area contributed by atoms with Gasteiger partial charge in [-0.05, 0) is 73.1 Å². The Morgan fingerprint density at radius 3 is 2.45 bits per heavy atom. The van der Waals surface area contributed by atoms with Crippen molar-refractivity contribution in [1.82, 2.24) is 34.9 Å². The van der Waals surface area contributed by atoms with Crippen molar-refractivity contribution in [1.29, 1.82) is 0 Å². The van der Waals surface area contributed by atoms with Crippen molar-refractivity contribution < 1.29 is 38.1 Å². The van der Waals surface area contributed by atoms with Crippen molar-refractivity contribution in [3.8, 4) is 27.3 Å². The molecule has 3 aromatic heterocycles. The minimum absolute atomic E-state index is 0.0325. The molecule has 3 amide bonds. The highest BCUT2D eigenvalue weighted by molar-refractivity contribution is 7.13. The molecule has 1 saturated heterocycles. The maximum atomic E-state index is 15.0. The number of carbonyl (C=O) groups excluding carboxylic acids is 3. The smallest absolute Gasteiger partial charge is 0.264 e. The summed E-state index contributed by atoms with van der Waals surface area (Å²) in [4.78, 5) is 63.0. The lowest BCUT2D eigenvalue weighted by Crippen LogP contribution is -2.56. The Labute approximate surface area is 390 Å². The number of fused-ring (bicyclic) bond motifs is 2. The fourth-order valence-corrected chi connectivity index (χ4v) is 10.1. The van der Waals surface area contributed by atoms with Gasteiger partial charge in [0.15, 0.2) is 0 Å². The molecule has 352 valence electrons. The maximum Gasteiger partial charge on any atom is 0.264 e. The number of halogens is 2. The molecule has 1 fully saturated rings. The van der Waals surface area contributed by atoms with Crippen molar-refractivity contribution in [3.05, 3.63) is 111 Å². The number of β-amino-alcohol motifs (C(OH)–C–C–N with tert-alkyl or cyclic N) is 1. The van der Waals surface area contributed by atoms with E-state index in [-0.39, 0.29) is 36.2 Å². The summed E-state index contributed by atoms with van der Waals surface area (Å²) in [5.41, 5.74) is 7.95. The first kappa shape index (κ1) is 47.0. The molecule has 0 bridgehead atoms. The topological polar surface area (TPSA) is 184 Å². The number of benzene rings is 3. The summed E-state index contributed by atoms with van der Waals surface area (Å²) in [5.74, 6) is -1.59. The molecule has 0 spiro atoms. The summed E-state index contributed by atoms with van der Waals surface area (Å²) >= 11 is 1.51. The fourth-order valence-electron chi connectivity index (χ4n) is 9.25. The van der Waals surface area contributed by atoms with E-state index >= 15 is 8.78 Å². The number of alkyl halides is 2. The molecule has 2 aliphatic heterocycles. The van der Waals surface area contributed by atoms with Gasteiger partial charge in [-0.2, -0.15) is 5.10 Å². The number of amides is 3. The number of anilines is 2. The number of aliphatic hydroxyl groups is 2. The molecule has 18 heteroatoms. The number of hydrogen-bond donors (Lipinski definition) is 4. The van der Waals surface area contributed by atoms with E-state index in [4.69, 9.17) is 4.74 Å². The molecule has 0 aliphatic carbocycles. The highest BCUT2D eigenvalue weighted by Crippen LogP contribution is 2.44. The van der Waals surface area contributed by atoms with Crippen LogP contribution in [0.3, 0.4) is 0 Å². The minimum Gasteiger partial charge on any atom is -0.497 e. The molecule has 8 rings (SSSR count). The van der Waals surface area contributed by atoms with E-state index in [1.807, 2.05) is 48.2 Å². The van der Waals surface area contributed by atoms with Crippen LogP contribution in [0.2, 0.25) is 0 Å². The van der Waals surface area contributed by atoms with Gasteiger partial charge in [0, 0.05) is 72.7 Å². The van der Waals surface area contributed by atoms with Gasteiger partial charge in [0.1, 0.15) is 24.4 Å². The number of hydrogen-bond acceptors (Lipinski definition) is 11. The molecule has 2 aliphatic rings. The van der Waals surface area contributed by atoms with Crippen LogP contribution in [0.4, 0.5) is 20.2 Å². The number of ether oxygens (including phenoxy) is 1. The molecule has 5 heterocycles. The van der Waals surface area contributed by atoms with E-state index in [2.05, 4.69) is 20.7 Å². The Morgan fingerprint density at radius 2 is 1.78 bits per heavy atom. The molecule has 15 nitrogen and oxygen atoms in total. The number of aliphatic hydroxyl groups excluding tert-OH is 2. The van der Waals surface area contributed by atoms with Crippen LogP contribution in [0, 0.1) is 19.8 Å². The van der Waals surface area contributed by atoms with Gasteiger partial charge in [-0.1, -0.05) is 38.1 Å². The monoisotopic (exact) mass is 936 g/mol. The summed E-state index contributed by atoms with van der Waals surface area (Å²) in [6, 6.07) is 13.2. The fraction of sp³-hybridized carbons (Fsp3) is 0.388. The average molecular weight is 937 g/mol. The van der Waals surface area contributed by atoms with E-state index in [0.717, 1.165) is 39.2 Å².